The Morgan fingerprint density at radius 1 is 0.939 bits per heavy atom. The molecule has 0 spiro atoms. The van der Waals surface area contributed by atoms with Gasteiger partial charge in [0.1, 0.15) is 0 Å². The molecule has 0 radical (unpaired) electrons. The van der Waals surface area contributed by atoms with Gasteiger partial charge in [-0.25, -0.2) is 13.1 Å². The summed E-state index contributed by atoms with van der Waals surface area (Å²) >= 11 is 0. The van der Waals surface area contributed by atoms with Gasteiger partial charge in [0, 0.05) is 12.1 Å². The number of hydrogen-bond donors (Lipinski definition) is 1. The second-order valence-electron chi connectivity index (χ2n) is 9.99. The molecule has 1 aliphatic rings. The first-order valence-corrected chi connectivity index (χ1v) is 13.8. The van der Waals surface area contributed by atoms with Crippen molar-refractivity contribution in [1.82, 2.24) is 9.62 Å². The highest BCUT2D eigenvalue weighted by Gasteiger charge is 2.31. The van der Waals surface area contributed by atoms with E-state index in [2.05, 4.69) is 37.3 Å². The predicted octanol–water partition coefficient (Wildman–Crippen LogP) is 6.47. The standard InChI is InChI=1S/C25H41F3N2O2S/c1-5-30(6-2)24(3,4)18-8-7-9-20-10-12-21(13-11-20)19-29-33(31,32)23-16-14-22(15-17-23)25(26,27)28/h14-17,20-21,29H,5-13,18-19H2,1-4H3. The van der Waals surface area contributed by atoms with Crippen molar-refractivity contribution in [2.75, 3.05) is 19.6 Å². The number of sulfonamides is 1. The minimum Gasteiger partial charge on any atom is -0.299 e. The molecule has 190 valence electrons. The minimum absolute atomic E-state index is 0.128. The Hall–Kier alpha value is -1.12. The van der Waals surface area contributed by atoms with Crippen LogP contribution in [-0.4, -0.2) is 38.5 Å². The van der Waals surface area contributed by atoms with E-state index in [9.17, 15) is 21.6 Å². The summed E-state index contributed by atoms with van der Waals surface area (Å²) in [5.41, 5.74) is -0.609. The third-order valence-electron chi connectivity index (χ3n) is 7.29. The van der Waals surface area contributed by atoms with Crippen molar-refractivity contribution in [3.05, 3.63) is 29.8 Å². The highest BCUT2D eigenvalue weighted by Crippen LogP contribution is 2.33. The molecule has 1 saturated carbocycles. The summed E-state index contributed by atoms with van der Waals surface area (Å²) in [7, 11) is -3.80. The number of alkyl halides is 3. The van der Waals surface area contributed by atoms with Crippen molar-refractivity contribution in [2.24, 2.45) is 11.8 Å². The largest absolute Gasteiger partial charge is 0.416 e. The highest BCUT2D eigenvalue weighted by molar-refractivity contribution is 7.89. The third-order valence-corrected chi connectivity index (χ3v) is 8.73. The van der Waals surface area contributed by atoms with Gasteiger partial charge in [-0.1, -0.05) is 46.0 Å². The Morgan fingerprint density at radius 2 is 1.48 bits per heavy atom. The van der Waals surface area contributed by atoms with Crippen LogP contribution in [0.4, 0.5) is 13.2 Å². The lowest BCUT2D eigenvalue weighted by molar-refractivity contribution is -0.137. The predicted molar refractivity (Wildman–Crippen MR) is 128 cm³/mol. The van der Waals surface area contributed by atoms with Gasteiger partial charge < -0.3 is 0 Å². The van der Waals surface area contributed by atoms with E-state index in [4.69, 9.17) is 0 Å². The van der Waals surface area contributed by atoms with E-state index in [1.54, 1.807) is 0 Å². The van der Waals surface area contributed by atoms with Crippen LogP contribution in [0.2, 0.25) is 0 Å². The summed E-state index contributed by atoms with van der Waals surface area (Å²) < 4.78 is 65.5. The molecule has 8 heteroatoms. The summed E-state index contributed by atoms with van der Waals surface area (Å²) in [6.07, 6.45) is 4.65. The minimum atomic E-state index is -4.48. The maximum absolute atomic E-state index is 12.7. The zero-order chi connectivity index (χ0) is 24.7. The van der Waals surface area contributed by atoms with Gasteiger partial charge in [0.15, 0.2) is 0 Å². The van der Waals surface area contributed by atoms with Gasteiger partial charge in [0.05, 0.1) is 10.5 Å². The third kappa shape index (κ3) is 8.55. The first kappa shape index (κ1) is 28.1. The molecule has 0 amide bonds. The molecule has 1 aromatic carbocycles. The highest BCUT2D eigenvalue weighted by atomic mass is 32.2. The molecule has 1 N–H and O–H groups in total. The van der Waals surface area contributed by atoms with Crippen molar-refractivity contribution in [2.45, 2.75) is 95.7 Å². The van der Waals surface area contributed by atoms with Gasteiger partial charge >= 0.3 is 6.18 Å². The molecule has 0 saturated heterocycles. The number of unbranched alkanes of at least 4 members (excludes halogenated alkanes) is 1. The average molecular weight is 491 g/mol. The van der Waals surface area contributed by atoms with Gasteiger partial charge in [-0.3, -0.25) is 4.90 Å². The van der Waals surface area contributed by atoms with E-state index >= 15 is 0 Å². The van der Waals surface area contributed by atoms with Crippen LogP contribution >= 0.6 is 0 Å². The van der Waals surface area contributed by atoms with E-state index in [-0.39, 0.29) is 16.4 Å². The van der Waals surface area contributed by atoms with Gasteiger partial charge in [-0.15, -0.1) is 0 Å². The molecule has 33 heavy (non-hydrogen) atoms. The van der Waals surface area contributed by atoms with Crippen molar-refractivity contribution in [3.8, 4) is 0 Å². The molecule has 0 aromatic heterocycles. The molecular weight excluding hydrogens is 449 g/mol. The average Bonchev–Trinajstić information content (AvgIpc) is 2.76. The van der Waals surface area contributed by atoms with Crippen LogP contribution in [0.15, 0.2) is 29.2 Å². The molecule has 0 heterocycles. The van der Waals surface area contributed by atoms with Crippen molar-refractivity contribution in [1.29, 1.82) is 0 Å². The van der Waals surface area contributed by atoms with Crippen LogP contribution in [0.5, 0.6) is 0 Å². The Morgan fingerprint density at radius 3 is 2.00 bits per heavy atom. The number of rotatable bonds is 12. The lowest BCUT2D eigenvalue weighted by Crippen LogP contribution is -2.43. The molecule has 4 nitrogen and oxygen atoms in total. The van der Waals surface area contributed by atoms with E-state index < -0.39 is 21.8 Å². The van der Waals surface area contributed by atoms with E-state index in [0.29, 0.717) is 12.5 Å². The second kappa shape index (κ2) is 12.0. The summed E-state index contributed by atoms with van der Waals surface area (Å²) in [4.78, 5) is 2.39. The van der Waals surface area contributed by atoms with Gasteiger partial charge in [0.25, 0.3) is 0 Å². The molecule has 0 atom stereocenters. The Labute approximate surface area is 198 Å². The van der Waals surface area contributed by atoms with Crippen LogP contribution in [-0.2, 0) is 16.2 Å². The van der Waals surface area contributed by atoms with Crippen LogP contribution in [0, 0.1) is 11.8 Å². The molecule has 0 aliphatic heterocycles. The van der Waals surface area contributed by atoms with Gasteiger partial charge in [-0.2, -0.15) is 13.2 Å². The molecule has 1 aliphatic carbocycles. The van der Waals surface area contributed by atoms with Crippen molar-refractivity contribution in [3.63, 3.8) is 0 Å². The lowest BCUT2D eigenvalue weighted by Gasteiger charge is -2.37. The van der Waals surface area contributed by atoms with E-state index in [1.807, 2.05) is 0 Å². The zero-order valence-electron chi connectivity index (χ0n) is 20.5. The normalized spacial score (nSPS) is 20.4. The number of hydrogen-bond acceptors (Lipinski definition) is 3. The van der Waals surface area contributed by atoms with Crippen molar-refractivity contribution >= 4 is 10.0 Å². The molecule has 1 aromatic rings. The molecule has 0 bridgehead atoms. The van der Waals surface area contributed by atoms with Crippen LogP contribution in [0.25, 0.3) is 0 Å². The fraction of sp³-hybridized carbons (Fsp3) is 0.760. The number of halogens is 3. The number of benzene rings is 1. The smallest absolute Gasteiger partial charge is 0.299 e. The quantitative estimate of drug-likeness (QED) is 0.342. The van der Waals surface area contributed by atoms with Crippen LogP contribution < -0.4 is 4.72 Å². The first-order chi connectivity index (χ1) is 15.4. The monoisotopic (exact) mass is 490 g/mol. The SMILES string of the molecule is CCN(CC)C(C)(C)CCCCC1CCC(CNS(=O)(=O)c2ccc(C(F)(F)F)cc2)CC1. The second-order valence-corrected chi connectivity index (χ2v) is 11.8. The van der Waals surface area contributed by atoms with E-state index in [1.165, 1.54) is 25.7 Å². The van der Waals surface area contributed by atoms with Gasteiger partial charge in [0.2, 0.25) is 10.0 Å². The van der Waals surface area contributed by atoms with Gasteiger partial charge in [-0.05, 0) is 82.3 Å². The Balaban J connectivity index is 1.70. The first-order valence-electron chi connectivity index (χ1n) is 12.3. The molecular formula is C25H41F3N2O2S. The van der Waals surface area contributed by atoms with Crippen LogP contribution in [0.3, 0.4) is 0 Å². The summed E-state index contributed by atoms with van der Waals surface area (Å²) in [6, 6.07) is 3.65. The maximum Gasteiger partial charge on any atom is 0.416 e. The van der Waals surface area contributed by atoms with Crippen molar-refractivity contribution < 1.29 is 21.6 Å². The summed E-state index contributed by atoms with van der Waals surface area (Å²) in [6.45, 7) is 11.6. The molecule has 2 rings (SSSR count). The number of nitrogens with one attached hydrogen (secondary N) is 1. The molecule has 0 unspecified atom stereocenters. The fourth-order valence-electron chi connectivity index (χ4n) is 5.09. The molecule has 1 fully saturated rings. The van der Waals surface area contributed by atoms with Crippen LogP contribution in [0.1, 0.15) is 84.6 Å². The number of nitrogens with zero attached hydrogens (tertiary/aromatic N) is 1. The summed E-state index contributed by atoms with van der Waals surface area (Å²) in [5, 5.41) is 0. The topological polar surface area (TPSA) is 49.4 Å². The Kier molecular flexibility index (Phi) is 10.2. The zero-order valence-corrected chi connectivity index (χ0v) is 21.4. The Bertz CT molecular complexity index is 811. The maximum atomic E-state index is 12.7. The van der Waals surface area contributed by atoms with E-state index in [0.717, 1.165) is 63.0 Å². The lowest BCUT2D eigenvalue weighted by atomic mass is 9.79. The fourth-order valence-corrected chi connectivity index (χ4v) is 6.20. The summed E-state index contributed by atoms with van der Waals surface area (Å²) in [5.74, 6) is 0.997.